The maximum Gasteiger partial charge on any atom is 0.265 e. The minimum Gasteiger partial charge on any atom is -0.349 e. The SMILES string of the molecule is CC(N)C(=O)Nc1ncc(C(=O)NC2CCCCC2)c(=O)[nH]1. The third-order valence-electron chi connectivity index (χ3n) is 3.64. The van der Waals surface area contributed by atoms with E-state index in [4.69, 9.17) is 5.73 Å². The highest BCUT2D eigenvalue weighted by Crippen LogP contribution is 2.17. The molecule has 8 nitrogen and oxygen atoms in total. The van der Waals surface area contributed by atoms with E-state index in [2.05, 4.69) is 20.6 Å². The maximum absolute atomic E-state index is 12.1. The summed E-state index contributed by atoms with van der Waals surface area (Å²) in [5.41, 5.74) is 4.75. The predicted molar refractivity (Wildman–Crippen MR) is 81.5 cm³/mol. The number of nitrogens with one attached hydrogen (secondary N) is 3. The number of aromatic nitrogens is 2. The zero-order valence-corrected chi connectivity index (χ0v) is 12.5. The van der Waals surface area contributed by atoms with Gasteiger partial charge in [0, 0.05) is 12.2 Å². The molecule has 120 valence electrons. The Bertz CT molecular complexity index is 605. The Balaban J connectivity index is 2.04. The van der Waals surface area contributed by atoms with Crippen LogP contribution in [0.4, 0.5) is 5.95 Å². The van der Waals surface area contributed by atoms with Crippen LogP contribution in [0.15, 0.2) is 11.0 Å². The quantitative estimate of drug-likeness (QED) is 0.627. The molecule has 1 aromatic rings. The van der Waals surface area contributed by atoms with Crippen LogP contribution in [0.2, 0.25) is 0 Å². The predicted octanol–water partition coefficient (Wildman–Crippen LogP) is 0.118. The highest BCUT2D eigenvalue weighted by molar-refractivity contribution is 5.95. The zero-order valence-electron chi connectivity index (χ0n) is 12.5. The van der Waals surface area contributed by atoms with Gasteiger partial charge in [-0.05, 0) is 19.8 Å². The van der Waals surface area contributed by atoms with Crippen LogP contribution in [0.3, 0.4) is 0 Å². The van der Waals surface area contributed by atoms with Crippen molar-refractivity contribution in [1.29, 1.82) is 0 Å². The maximum atomic E-state index is 12.1. The Kier molecular flexibility index (Phi) is 5.26. The lowest BCUT2D eigenvalue weighted by Crippen LogP contribution is -2.39. The molecule has 0 aromatic carbocycles. The molecule has 1 unspecified atom stereocenters. The molecule has 0 spiro atoms. The number of rotatable bonds is 4. The van der Waals surface area contributed by atoms with Gasteiger partial charge in [0.05, 0.1) is 6.04 Å². The molecule has 22 heavy (non-hydrogen) atoms. The van der Waals surface area contributed by atoms with Gasteiger partial charge in [-0.15, -0.1) is 0 Å². The van der Waals surface area contributed by atoms with Crippen LogP contribution < -0.4 is 21.9 Å². The first kappa shape index (κ1) is 16.2. The Hall–Kier alpha value is -2.22. The molecule has 1 aliphatic rings. The Morgan fingerprint density at radius 1 is 1.36 bits per heavy atom. The fourth-order valence-corrected chi connectivity index (χ4v) is 2.36. The summed E-state index contributed by atoms with van der Waals surface area (Å²) in [4.78, 5) is 41.7. The third-order valence-corrected chi connectivity index (χ3v) is 3.64. The molecule has 0 aliphatic heterocycles. The summed E-state index contributed by atoms with van der Waals surface area (Å²) >= 11 is 0. The molecule has 2 rings (SSSR count). The number of amides is 2. The van der Waals surface area contributed by atoms with E-state index >= 15 is 0 Å². The summed E-state index contributed by atoms with van der Waals surface area (Å²) in [5, 5.41) is 5.22. The average molecular weight is 307 g/mol. The van der Waals surface area contributed by atoms with Crippen LogP contribution in [0.25, 0.3) is 0 Å². The third kappa shape index (κ3) is 4.14. The molecular formula is C14H21N5O3. The smallest absolute Gasteiger partial charge is 0.265 e. The second kappa shape index (κ2) is 7.17. The second-order valence-corrected chi connectivity index (χ2v) is 5.56. The van der Waals surface area contributed by atoms with Crippen molar-refractivity contribution >= 4 is 17.8 Å². The van der Waals surface area contributed by atoms with Crippen LogP contribution >= 0.6 is 0 Å². The molecule has 1 atom stereocenters. The molecule has 0 saturated heterocycles. The number of carbonyl (C=O) groups is 2. The molecule has 1 fully saturated rings. The number of aromatic amines is 1. The highest BCUT2D eigenvalue weighted by atomic mass is 16.2. The lowest BCUT2D eigenvalue weighted by Gasteiger charge is -2.22. The topological polar surface area (TPSA) is 130 Å². The van der Waals surface area contributed by atoms with E-state index in [9.17, 15) is 14.4 Å². The van der Waals surface area contributed by atoms with Crippen molar-refractivity contribution in [2.75, 3.05) is 5.32 Å². The number of nitrogens with two attached hydrogens (primary N) is 1. The standard InChI is InChI=1S/C14H21N5O3/c1-8(15)11(20)18-14-16-7-10(13(22)19-14)12(21)17-9-5-3-2-4-6-9/h7-9H,2-6,15H2,1H3,(H,17,21)(H2,16,18,19,20,22). The van der Waals surface area contributed by atoms with Crippen molar-refractivity contribution < 1.29 is 9.59 Å². The van der Waals surface area contributed by atoms with Crippen LogP contribution in [-0.2, 0) is 4.79 Å². The monoisotopic (exact) mass is 307 g/mol. The second-order valence-electron chi connectivity index (χ2n) is 5.56. The fraction of sp³-hybridized carbons (Fsp3) is 0.571. The zero-order chi connectivity index (χ0) is 16.1. The average Bonchev–Trinajstić information content (AvgIpc) is 2.48. The van der Waals surface area contributed by atoms with E-state index < -0.39 is 23.4 Å². The van der Waals surface area contributed by atoms with Gasteiger partial charge in [-0.2, -0.15) is 0 Å². The molecule has 5 N–H and O–H groups in total. The van der Waals surface area contributed by atoms with E-state index in [0.29, 0.717) is 0 Å². The summed E-state index contributed by atoms with van der Waals surface area (Å²) in [6, 6.07) is -0.613. The van der Waals surface area contributed by atoms with Gasteiger partial charge >= 0.3 is 0 Å². The Morgan fingerprint density at radius 3 is 2.64 bits per heavy atom. The molecular weight excluding hydrogens is 286 g/mol. The van der Waals surface area contributed by atoms with Crippen molar-refractivity contribution in [2.24, 2.45) is 5.73 Å². The van der Waals surface area contributed by atoms with Crippen molar-refractivity contribution in [1.82, 2.24) is 15.3 Å². The van der Waals surface area contributed by atoms with E-state index in [1.807, 2.05) is 0 Å². The first-order chi connectivity index (χ1) is 10.5. The fourth-order valence-electron chi connectivity index (χ4n) is 2.36. The lowest BCUT2D eigenvalue weighted by molar-refractivity contribution is -0.117. The van der Waals surface area contributed by atoms with Crippen LogP contribution in [0, 0.1) is 0 Å². The summed E-state index contributed by atoms with van der Waals surface area (Å²) in [5.74, 6) is -0.935. The normalized spacial score (nSPS) is 16.8. The molecule has 2 amide bonds. The van der Waals surface area contributed by atoms with Gasteiger partial charge in [0.25, 0.3) is 11.5 Å². The first-order valence-corrected chi connectivity index (χ1v) is 7.44. The summed E-state index contributed by atoms with van der Waals surface area (Å²) in [6.07, 6.45) is 6.37. The van der Waals surface area contributed by atoms with E-state index in [1.54, 1.807) is 0 Å². The van der Waals surface area contributed by atoms with Gasteiger partial charge in [0.15, 0.2) is 0 Å². The number of H-pyrrole nitrogens is 1. The van der Waals surface area contributed by atoms with Gasteiger partial charge < -0.3 is 11.1 Å². The molecule has 8 heteroatoms. The molecule has 1 heterocycles. The number of carbonyl (C=O) groups excluding carboxylic acids is 2. The number of hydrogen-bond acceptors (Lipinski definition) is 5. The largest absolute Gasteiger partial charge is 0.349 e. The summed E-state index contributed by atoms with van der Waals surface area (Å²) in [6.45, 7) is 1.51. The molecule has 1 aliphatic carbocycles. The molecule has 1 saturated carbocycles. The van der Waals surface area contributed by atoms with Gasteiger partial charge in [-0.25, -0.2) is 4.98 Å². The van der Waals surface area contributed by atoms with E-state index in [1.165, 1.54) is 13.3 Å². The summed E-state index contributed by atoms with van der Waals surface area (Å²) < 4.78 is 0. The van der Waals surface area contributed by atoms with Crippen LogP contribution in [0.1, 0.15) is 49.4 Å². The van der Waals surface area contributed by atoms with E-state index in [0.717, 1.165) is 31.9 Å². The van der Waals surface area contributed by atoms with Gasteiger partial charge in [0.2, 0.25) is 11.9 Å². The van der Waals surface area contributed by atoms with Gasteiger partial charge in [-0.3, -0.25) is 24.7 Å². The number of hydrogen-bond donors (Lipinski definition) is 4. The van der Waals surface area contributed by atoms with E-state index in [-0.39, 0.29) is 17.6 Å². The molecule has 1 aromatic heterocycles. The lowest BCUT2D eigenvalue weighted by atomic mass is 9.95. The van der Waals surface area contributed by atoms with Crippen molar-refractivity contribution in [3.63, 3.8) is 0 Å². The van der Waals surface area contributed by atoms with Crippen LogP contribution in [-0.4, -0.2) is 33.9 Å². The highest BCUT2D eigenvalue weighted by Gasteiger charge is 2.19. The minimum atomic E-state index is -0.723. The Morgan fingerprint density at radius 2 is 2.05 bits per heavy atom. The minimum absolute atomic E-state index is 0.0264. The summed E-state index contributed by atoms with van der Waals surface area (Å²) in [7, 11) is 0. The number of anilines is 1. The van der Waals surface area contributed by atoms with Crippen LogP contribution in [0.5, 0.6) is 0 Å². The van der Waals surface area contributed by atoms with Crippen molar-refractivity contribution in [3.05, 3.63) is 22.1 Å². The van der Waals surface area contributed by atoms with Crippen molar-refractivity contribution in [2.45, 2.75) is 51.1 Å². The number of nitrogens with zero attached hydrogens (tertiary/aromatic N) is 1. The Labute approximate surface area is 127 Å². The molecule has 0 radical (unpaired) electrons. The van der Waals surface area contributed by atoms with Gasteiger partial charge in [0.1, 0.15) is 5.56 Å². The molecule has 0 bridgehead atoms. The van der Waals surface area contributed by atoms with Gasteiger partial charge in [-0.1, -0.05) is 19.3 Å². The first-order valence-electron chi connectivity index (χ1n) is 7.44. The van der Waals surface area contributed by atoms with Crippen molar-refractivity contribution in [3.8, 4) is 0 Å².